The Morgan fingerprint density at radius 3 is 2.32 bits per heavy atom. The third-order valence-corrected chi connectivity index (χ3v) is 2.75. The van der Waals surface area contributed by atoms with Crippen LogP contribution in [0.15, 0.2) is 82.0 Å². The van der Waals surface area contributed by atoms with Gasteiger partial charge in [0.1, 0.15) is 5.58 Å². The van der Waals surface area contributed by atoms with Crippen molar-refractivity contribution in [3.63, 3.8) is 0 Å². The summed E-state index contributed by atoms with van der Waals surface area (Å²) in [6, 6.07) is 19.9. The number of hydrogen-bond donors (Lipinski definition) is 1. The molecule has 0 saturated carbocycles. The zero-order valence-corrected chi connectivity index (χ0v) is 11.7. The highest BCUT2D eigenvalue weighted by Gasteiger charge is 1.92. The van der Waals surface area contributed by atoms with E-state index in [1.807, 2.05) is 48.5 Å². The van der Waals surface area contributed by atoms with Crippen molar-refractivity contribution in [3.8, 4) is 0 Å². The zero-order valence-electron chi connectivity index (χ0n) is 11.7. The van der Waals surface area contributed by atoms with E-state index in [0.29, 0.717) is 5.58 Å². The van der Waals surface area contributed by atoms with E-state index in [-0.39, 0.29) is 5.63 Å². The van der Waals surface area contributed by atoms with E-state index in [0.717, 1.165) is 17.0 Å². The summed E-state index contributed by atoms with van der Waals surface area (Å²) in [6.07, 6.45) is 2.68. The molecular formula is C18H14O4. The van der Waals surface area contributed by atoms with Crippen molar-refractivity contribution in [3.05, 3.63) is 88.8 Å². The van der Waals surface area contributed by atoms with E-state index in [1.165, 1.54) is 6.07 Å². The fourth-order valence-corrected chi connectivity index (χ4v) is 1.74. The smallest absolute Gasteiger partial charge is 0.336 e. The van der Waals surface area contributed by atoms with Crippen LogP contribution in [0.5, 0.6) is 0 Å². The van der Waals surface area contributed by atoms with Gasteiger partial charge in [-0.25, -0.2) is 9.59 Å². The van der Waals surface area contributed by atoms with Crippen LogP contribution in [0.3, 0.4) is 0 Å². The molecule has 0 radical (unpaired) electrons. The maximum absolute atomic E-state index is 10.7. The summed E-state index contributed by atoms with van der Waals surface area (Å²) in [4.78, 5) is 20.8. The Kier molecular flexibility index (Phi) is 5.26. The molecule has 4 nitrogen and oxygen atoms in total. The molecule has 0 aliphatic heterocycles. The summed E-state index contributed by atoms with van der Waals surface area (Å²) in [5.74, 6) is -0.922. The SMILES string of the molecule is O=C(O)C=Cc1ccccc1.O=c1ccc2ccccc2o1. The Balaban J connectivity index is 0.000000160. The van der Waals surface area contributed by atoms with Crippen molar-refractivity contribution in [1.82, 2.24) is 0 Å². The van der Waals surface area contributed by atoms with Gasteiger partial charge in [0.15, 0.2) is 0 Å². The van der Waals surface area contributed by atoms with E-state index in [1.54, 1.807) is 18.2 Å². The van der Waals surface area contributed by atoms with Crippen LogP contribution in [0.2, 0.25) is 0 Å². The third-order valence-electron chi connectivity index (χ3n) is 2.75. The normalized spacial score (nSPS) is 10.2. The first-order chi connectivity index (χ1) is 10.6. The third kappa shape index (κ3) is 4.76. The summed E-state index contributed by atoms with van der Waals surface area (Å²) in [5, 5.41) is 9.24. The highest BCUT2D eigenvalue weighted by molar-refractivity contribution is 5.85. The van der Waals surface area contributed by atoms with Crippen molar-refractivity contribution < 1.29 is 14.3 Å². The first-order valence-electron chi connectivity index (χ1n) is 6.60. The van der Waals surface area contributed by atoms with Crippen LogP contribution in [0, 0.1) is 0 Å². The van der Waals surface area contributed by atoms with E-state index in [9.17, 15) is 9.59 Å². The molecule has 0 amide bonds. The lowest BCUT2D eigenvalue weighted by Crippen LogP contribution is -1.93. The van der Waals surface area contributed by atoms with Gasteiger partial charge in [0.2, 0.25) is 0 Å². The number of rotatable bonds is 2. The molecule has 0 aliphatic rings. The molecule has 1 heterocycles. The largest absolute Gasteiger partial charge is 0.478 e. The Hall–Kier alpha value is -3.14. The summed E-state index contributed by atoms with van der Waals surface area (Å²) in [7, 11) is 0. The second-order valence-corrected chi connectivity index (χ2v) is 4.37. The molecule has 2 aromatic carbocycles. The summed E-state index contributed by atoms with van der Waals surface area (Å²) >= 11 is 0. The Labute approximate surface area is 127 Å². The molecule has 0 spiro atoms. The van der Waals surface area contributed by atoms with Gasteiger partial charge in [-0.05, 0) is 23.8 Å². The van der Waals surface area contributed by atoms with Crippen LogP contribution in [0.1, 0.15) is 5.56 Å². The molecule has 110 valence electrons. The van der Waals surface area contributed by atoms with Crippen LogP contribution in [-0.2, 0) is 4.79 Å². The number of benzene rings is 2. The van der Waals surface area contributed by atoms with Crippen LogP contribution in [0.4, 0.5) is 0 Å². The fourth-order valence-electron chi connectivity index (χ4n) is 1.74. The predicted octanol–water partition coefficient (Wildman–Crippen LogP) is 3.58. The van der Waals surface area contributed by atoms with Gasteiger partial charge in [-0.2, -0.15) is 0 Å². The lowest BCUT2D eigenvalue weighted by atomic mass is 10.2. The first-order valence-corrected chi connectivity index (χ1v) is 6.60. The van der Waals surface area contributed by atoms with Crippen molar-refractivity contribution in [2.45, 2.75) is 0 Å². The number of para-hydroxylation sites is 1. The number of aliphatic carboxylic acids is 1. The standard InChI is InChI=1S/C9H6O2.C9H8O2/c10-9-6-5-7-3-1-2-4-8(7)11-9;10-9(11)7-6-8-4-2-1-3-5-8/h1-6H;1-7H,(H,10,11). The average Bonchev–Trinajstić information content (AvgIpc) is 2.54. The maximum Gasteiger partial charge on any atom is 0.336 e. The molecule has 3 aromatic rings. The molecule has 0 bridgehead atoms. The fraction of sp³-hybridized carbons (Fsp3) is 0. The van der Waals surface area contributed by atoms with E-state index < -0.39 is 5.97 Å². The van der Waals surface area contributed by atoms with E-state index in [4.69, 9.17) is 9.52 Å². The molecule has 4 heteroatoms. The molecule has 0 atom stereocenters. The second kappa shape index (κ2) is 7.59. The number of fused-ring (bicyclic) bond motifs is 1. The van der Waals surface area contributed by atoms with Gasteiger partial charge in [0.25, 0.3) is 0 Å². The van der Waals surface area contributed by atoms with Gasteiger partial charge < -0.3 is 9.52 Å². The van der Waals surface area contributed by atoms with Crippen molar-refractivity contribution in [1.29, 1.82) is 0 Å². The zero-order chi connectivity index (χ0) is 15.8. The summed E-state index contributed by atoms with van der Waals surface area (Å²) in [5.41, 5.74) is 1.23. The Morgan fingerprint density at radius 2 is 1.59 bits per heavy atom. The Morgan fingerprint density at radius 1 is 0.909 bits per heavy atom. The summed E-state index contributed by atoms with van der Waals surface area (Å²) in [6.45, 7) is 0. The van der Waals surface area contributed by atoms with E-state index >= 15 is 0 Å². The lowest BCUT2D eigenvalue weighted by Gasteiger charge is -1.91. The highest BCUT2D eigenvalue weighted by atomic mass is 16.4. The second-order valence-electron chi connectivity index (χ2n) is 4.37. The van der Waals surface area contributed by atoms with Gasteiger partial charge in [0, 0.05) is 17.5 Å². The van der Waals surface area contributed by atoms with E-state index in [2.05, 4.69) is 0 Å². The number of carboxylic acids is 1. The number of carbonyl (C=O) groups is 1. The molecular weight excluding hydrogens is 280 g/mol. The molecule has 3 rings (SSSR count). The summed E-state index contributed by atoms with van der Waals surface area (Å²) < 4.78 is 4.91. The minimum absolute atomic E-state index is 0.302. The first kappa shape index (κ1) is 15.3. The lowest BCUT2D eigenvalue weighted by molar-refractivity contribution is -0.131. The average molecular weight is 294 g/mol. The number of carboxylic acid groups (broad SMARTS) is 1. The quantitative estimate of drug-likeness (QED) is 0.579. The van der Waals surface area contributed by atoms with Gasteiger partial charge in [0.05, 0.1) is 0 Å². The minimum atomic E-state index is -0.922. The minimum Gasteiger partial charge on any atom is -0.478 e. The van der Waals surface area contributed by atoms with Crippen LogP contribution in [0.25, 0.3) is 17.0 Å². The van der Waals surface area contributed by atoms with Crippen molar-refractivity contribution >= 4 is 23.0 Å². The van der Waals surface area contributed by atoms with Crippen LogP contribution >= 0.6 is 0 Å². The van der Waals surface area contributed by atoms with Gasteiger partial charge >= 0.3 is 11.6 Å². The van der Waals surface area contributed by atoms with Crippen LogP contribution in [-0.4, -0.2) is 11.1 Å². The number of hydrogen-bond acceptors (Lipinski definition) is 3. The Bertz CT molecular complexity index is 832. The van der Waals surface area contributed by atoms with Crippen molar-refractivity contribution in [2.75, 3.05) is 0 Å². The molecule has 1 N–H and O–H groups in total. The predicted molar refractivity (Wildman–Crippen MR) is 85.6 cm³/mol. The molecule has 0 fully saturated rings. The maximum atomic E-state index is 10.7. The van der Waals surface area contributed by atoms with Gasteiger partial charge in [-0.1, -0.05) is 48.5 Å². The van der Waals surface area contributed by atoms with Gasteiger partial charge in [-0.15, -0.1) is 0 Å². The molecule has 22 heavy (non-hydrogen) atoms. The topological polar surface area (TPSA) is 67.5 Å². The highest BCUT2D eigenvalue weighted by Crippen LogP contribution is 2.08. The monoisotopic (exact) mass is 294 g/mol. The van der Waals surface area contributed by atoms with Crippen molar-refractivity contribution in [2.24, 2.45) is 0 Å². The van der Waals surface area contributed by atoms with Gasteiger partial charge in [-0.3, -0.25) is 0 Å². The molecule has 0 saturated heterocycles. The molecule has 0 unspecified atom stereocenters. The molecule has 0 aliphatic carbocycles. The van der Waals surface area contributed by atoms with Crippen LogP contribution < -0.4 is 5.63 Å². The molecule has 1 aromatic heterocycles.